The van der Waals surface area contributed by atoms with Crippen molar-refractivity contribution in [3.63, 3.8) is 0 Å². The van der Waals surface area contributed by atoms with Crippen LogP contribution in [0.5, 0.6) is 5.75 Å². The number of hydrogen-bond donors (Lipinski definition) is 2. The maximum Gasteiger partial charge on any atom is 0.239 e. The molecule has 1 aliphatic rings. The number of aryl methyl sites for hydroxylation is 1. The fourth-order valence-electron chi connectivity index (χ4n) is 3.64. The van der Waals surface area contributed by atoms with E-state index in [4.69, 9.17) is 9.26 Å². The number of amides is 1. The average Bonchev–Trinajstić information content (AvgIpc) is 3.55. The van der Waals surface area contributed by atoms with Crippen molar-refractivity contribution in [1.82, 2.24) is 35.5 Å². The molecule has 0 saturated carbocycles. The van der Waals surface area contributed by atoms with Crippen LogP contribution in [0.3, 0.4) is 0 Å². The van der Waals surface area contributed by atoms with Gasteiger partial charge in [-0.25, -0.2) is 4.98 Å². The predicted molar refractivity (Wildman–Crippen MR) is 108 cm³/mol. The van der Waals surface area contributed by atoms with E-state index in [0.29, 0.717) is 30.5 Å². The molecule has 10 heteroatoms. The molecule has 2 N–H and O–H groups in total. The van der Waals surface area contributed by atoms with E-state index in [1.165, 1.54) is 19.2 Å². The zero-order valence-corrected chi connectivity index (χ0v) is 16.9. The summed E-state index contributed by atoms with van der Waals surface area (Å²) in [5, 5.41) is 13.3. The van der Waals surface area contributed by atoms with E-state index in [1.54, 1.807) is 7.11 Å². The summed E-state index contributed by atoms with van der Waals surface area (Å²) in [6.45, 7) is 2.60. The highest BCUT2D eigenvalue weighted by atomic mass is 16.5. The van der Waals surface area contributed by atoms with E-state index < -0.39 is 0 Å². The summed E-state index contributed by atoms with van der Waals surface area (Å²) in [6, 6.07) is 8.16. The highest BCUT2D eigenvalue weighted by Crippen LogP contribution is 2.27. The average molecular weight is 411 g/mol. The first-order valence-electron chi connectivity index (χ1n) is 10.1. The number of methoxy groups -OCH3 is 1. The van der Waals surface area contributed by atoms with Gasteiger partial charge in [0.25, 0.3) is 0 Å². The quantitative estimate of drug-likeness (QED) is 0.546. The predicted octanol–water partition coefficient (Wildman–Crippen LogP) is 1.75. The Hall–Kier alpha value is -3.27. The second-order valence-electron chi connectivity index (χ2n) is 7.19. The monoisotopic (exact) mass is 411 g/mol. The lowest BCUT2D eigenvalue weighted by atomic mass is 10.0. The van der Waals surface area contributed by atoms with Crippen LogP contribution in [0.2, 0.25) is 0 Å². The number of H-pyrrole nitrogens is 1. The molecule has 0 aliphatic carbocycles. The molecule has 1 saturated heterocycles. The zero-order valence-electron chi connectivity index (χ0n) is 16.9. The molecule has 4 rings (SSSR count). The van der Waals surface area contributed by atoms with E-state index in [2.05, 4.69) is 41.6 Å². The summed E-state index contributed by atoms with van der Waals surface area (Å²) in [5.74, 6) is 1.92. The molecule has 0 spiro atoms. The standard InChI is InChI=1S/C20H25N7O3/c1-29-15-6-4-5-14(11-15)16(27-9-2-3-10-27)12-21-17(28)7-8-18-24-20(26-30-18)19-22-13-23-25-19/h4-6,11,13,16H,2-3,7-10,12H2,1H3,(H,21,28)(H,22,23,25). The summed E-state index contributed by atoms with van der Waals surface area (Å²) in [4.78, 5) is 23.1. The van der Waals surface area contributed by atoms with Crippen LogP contribution < -0.4 is 10.1 Å². The van der Waals surface area contributed by atoms with Gasteiger partial charge in [0.2, 0.25) is 17.6 Å². The Labute approximate surface area is 174 Å². The Morgan fingerprint density at radius 1 is 1.37 bits per heavy atom. The molecule has 0 bridgehead atoms. The highest BCUT2D eigenvalue weighted by Gasteiger charge is 2.24. The normalized spacial score (nSPS) is 15.2. The van der Waals surface area contributed by atoms with E-state index in [9.17, 15) is 4.79 Å². The minimum Gasteiger partial charge on any atom is -0.497 e. The molecule has 1 unspecified atom stereocenters. The van der Waals surface area contributed by atoms with Gasteiger partial charge in [-0.1, -0.05) is 17.3 Å². The van der Waals surface area contributed by atoms with Gasteiger partial charge in [-0.15, -0.1) is 0 Å². The Kier molecular flexibility index (Phi) is 6.33. The molecule has 0 radical (unpaired) electrons. The van der Waals surface area contributed by atoms with Crippen LogP contribution in [-0.2, 0) is 11.2 Å². The van der Waals surface area contributed by atoms with Crippen molar-refractivity contribution in [2.45, 2.75) is 31.7 Å². The van der Waals surface area contributed by atoms with Crippen LogP contribution in [0, 0.1) is 0 Å². The Morgan fingerprint density at radius 2 is 2.23 bits per heavy atom. The first-order chi connectivity index (χ1) is 14.7. The van der Waals surface area contributed by atoms with Crippen molar-refractivity contribution in [2.24, 2.45) is 0 Å². The molecule has 10 nitrogen and oxygen atoms in total. The van der Waals surface area contributed by atoms with Gasteiger partial charge >= 0.3 is 0 Å². The molecule has 1 aromatic carbocycles. The summed E-state index contributed by atoms with van der Waals surface area (Å²) in [7, 11) is 1.66. The third kappa shape index (κ3) is 4.82. The van der Waals surface area contributed by atoms with Gasteiger partial charge in [-0.05, 0) is 43.6 Å². The third-order valence-electron chi connectivity index (χ3n) is 5.21. The zero-order chi connectivity index (χ0) is 20.8. The number of aromatic amines is 1. The molecule has 1 aliphatic heterocycles. The minimum absolute atomic E-state index is 0.0542. The van der Waals surface area contributed by atoms with E-state index in [-0.39, 0.29) is 18.4 Å². The van der Waals surface area contributed by atoms with Crippen molar-refractivity contribution >= 4 is 5.91 Å². The van der Waals surface area contributed by atoms with Gasteiger partial charge in [0, 0.05) is 19.4 Å². The van der Waals surface area contributed by atoms with Gasteiger partial charge in [-0.3, -0.25) is 14.8 Å². The number of aromatic nitrogens is 5. The molecular formula is C20H25N7O3. The van der Waals surface area contributed by atoms with Crippen molar-refractivity contribution in [2.75, 3.05) is 26.7 Å². The second-order valence-corrected chi connectivity index (χ2v) is 7.19. The highest BCUT2D eigenvalue weighted by molar-refractivity contribution is 5.76. The van der Waals surface area contributed by atoms with Crippen molar-refractivity contribution in [1.29, 1.82) is 0 Å². The van der Waals surface area contributed by atoms with E-state index in [1.807, 2.05) is 18.2 Å². The van der Waals surface area contributed by atoms with E-state index in [0.717, 1.165) is 24.4 Å². The minimum atomic E-state index is -0.0542. The molecule has 1 amide bonds. The molecule has 3 heterocycles. The van der Waals surface area contributed by atoms with Gasteiger partial charge in [0.1, 0.15) is 12.1 Å². The van der Waals surface area contributed by atoms with Crippen LogP contribution >= 0.6 is 0 Å². The topological polar surface area (TPSA) is 122 Å². The largest absolute Gasteiger partial charge is 0.497 e. The van der Waals surface area contributed by atoms with Crippen molar-refractivity contribution < 1.29 is 14.1 Å². The molecule has 1 fully saturated rings. The number of carbonyl (C=O) groups is 1. The smallest absolute Gasteiger partial charge is 0.239 e. The Morgan fingerprint density at radius 3 is 3.00 bits per heavy atom. The van der Waals surface area contributed by atoms with Gasteiger partial charge < -0.3 is 14.6 Å². The number of carbonyl (C=O) groups excluding carboxylic acids is 1. The first kappa shape index (κ1) is 20.0. The number of nitrogens with one attached hydrogen (secondary N) is 2. The van der Waals surface area contributed by atoms with Crippen LogP contribution in [-0.4, -0.2) is 62.9 Å². The number of nitrogens with zero attached hydrogens (tertiary/aromatic N) is 5. The molecule has 1 atom stereocenters. The van der Waals surface area contributed by atoms with E-state index >= 15 is 0 Å². The van der Waals surface area contributed by atoms with Gasteiger partial charge in [0.05, 0.1) is 13.2 Å². The number of rotatable bonds is 9. The number of ether oxygens (including phenoxy) is 1. The molecule has 30 heavy (non-hydrogen) atoms. The maximum atomic E-state index is 12.5. The Balaban J connectivity index is 1.33. The molecule has 3 aromatic rings. The summed E-state index contributed by atoms with van der Waals surface area (Å²) >= 11 is 0. The fraction of sp³-hybridized carbons (Fsp3) is 0.450. The number of likely N-dealkylation sites (tertiary alicyclic amines) is 1. The Bertz CT molecular complexity index is 951. The fourth-order valence-corrected chi connectivity index (χ4v) is 3.64. The summed E-state index contributed by atoms with van der Waals surface area (Å²) in [5.41, 5.74) is 1.14. The number of hydrogen-bond acceptors (Lipinski definition) is 8. The second kappa shape index (κ2) is 9.49. The first-order valence-corrected chi connectivity index (χ1v) is 10.1. The number of benzene rings is 1. The van der Waals surface area contributed by atoms with Gasteiger partial charge in [-0.2, -0.15) is 10.1 Å². The van der Waals surface area contributed by atoms with Gasteiger partial charge in [0.15, 0.2) is 5.82 Å². The molecule has 158 valence electrons. The lowest BCUT2D eigenvalue weighted by molar-refractivity contribution is -0.121. The lowest BCUT2D eigenvalue weighted by Gasteiger charge is -2.28. The van der Waals surface area contributed by atoms with Crippen LogP contribution in [0.4, 0.5) is 0 Å². The van der Waals surface area contributed by atoms with Crippen molar-refractivity contribution in [3.05, 3.63) is 42.0 Å². The molecular weight excluding hydrogens is 386 g/mol. The van der Waals surface area contributed by atoms with Crippen LogP contribution in [0.25, 0.3) is 11.6 Å². The van der Waals surface area contributed by atoms with Crippen LogP contribution in [0.15, 0.2) is 35.1 Å². The summed E-state index contributed by atoms with van der Waals surface area (Å²) in [6.07, 6.45) is 4.36. The summed E-state index contributed by atoms with van der Waals surface area (Å²) < 4.78 is 10.6. The van der Waals surface area contributed by atoms with Crippen molar-refractivity contribution in [3.8, 4) is 17.4 Å². The maximum absolute atomic E-state index is 12.5. The SMILES string of the molecule is COc1cccc(C(CNC(=O)CCc2nc(-c3ncn[nH]3)no2)N2CCCC2)c1. The van der Waals surface area contributed by atoms with Crippen LogP contribution in [0.1, 0.15) is 36.8 Å². The lowest BCUT2D eigenvalue weighted by Crippen LogP contribution is -2.36. The molecule has 2 aromatic heterocycles. The third-order valence-corrected chi connectivity index (χ3v) is 5.21.